The highest BCUT2D eigenvalue weighted by Gasteiger charge is 2.24. The van der Waals surface area contributed by atoms with E-state index in [2.05, 4.69) is 15.0 Å². The van der Waals surface area contributed by atoms with Crippen LogP contribution in [-0.2, 0) is 17.1 Å². The molecule has 0 radical (unpaired) electrons. The van der Waals surface area contributed by atoms with Crippen LogP contribution < -0.4 is 4.72 Å². The molecule has 0 fully saturated rings. The Balaban J connectivity index is 1.96. The van der Waals surface area contributed by atoms with Gasteiger partial charge in [-0.3, -0.25) is 9.52 Å². The zero-order valence-corrected chi connectivity index (χ0v) is 15.5. The number of nitrogens with one attached hydrogen (secondary N) is 1. The maximum atomic E-state index is 12.7. The number of rotatable bonds is 5. The predicted octanol–water partition coefficient (Wildman–Crippen LogP) is 2.81. The highest BCUT2D eigenvalue weighted by atomic mass is 35.5. The molecule has 0 spiro atoms. The Kier molecular flexibility index (Phi) is 4.80. The van der Waals surface area contributed by atoms with E-state index in [0.717, 1.165) is 5.56 Å². The SMILES string of the molecule is Cc1ccc(S(=O)(=O)Nc2c(C(=O)c3ccc(Cl)cc3)nnn2C)cc1. The first-order chi connectivity index (χ1) is 12.3. The van der Waals surface area contributed by atoms with Gasteiger partial charge in [0.15, 0.2) is 11.5 Å². The summed E-state index contributed by atoms with van der Waals surface area (Å²) < 4.78 is 28.8. The summed E-state index contributed by atoms with van der Waals surface area (Å²) in [7, 11) is -2.39. The average molecular weight is 391 g/mol. The van der Waals surface area contributed by atoms with Crippen LogP contribution in [0.15, 0.2) is 53.4 Å². The van der Waals surface area contributed by atoms with Crippen molar-refractivity contribution < 1.29 is 13.2 Å². The van der Waals surface area contributed by atoms with Crippen molar-refractivity contribution in [2.45, 2.75) is 11.8 Å². The molecule has 7 nitrogen and oxygen atoms in total. The maximum absolute atomic E-state index is 12.7. The second-order valence-corrected chi connectivity index (χ2v) is 7.78. The first kappa shape index (κ1) is 18.1. The number of hydrogen-bond donors (Lipinski definition) is 1. The van der Waals surface area contributed by atoms with Crippen LogP contribution in [0.25, 0.3) is 0 Å². The van der Waals surface area contributed by atoms with E-state index in [1.165, 1.54) is 36.0 Å². The molecule has 0 amide bonds. The van der Waals surface area contributed by atoms with Gasteiger partial charge in [0.25, 0.3) is 10.0 Å². The number of carbonyl (C=O) groups excluding carboxylic acids is 1. The van der Waals surface area contributed by atoms with E-state index in [-0.39, 0.29) is 16.4 Å². The quantitative estimate of drug-likeness (QED) is 0.676. The molecule has 0 bridgehead atoms. The summed E-state index contributed by atoms with van der Waals surface area (Å²) in [6.07, 6.45) is 0. The maximum Gasteiger partial charge on any atom is 0.263 e. The number of benzene rings is 2. The lowest BCUT2D eigenvalue weighted by Gasteiger charge is -2.09. The lowest BCUT2D eigenvalue weighted by molar-refractivity contribution is 0.103. The van der Waals surface area contributed by atoms with Gasteiger partial charge in [0, 0.05) is 17.6 Å². The molecule has 3 aromatic rings. The molecule has 9 heteroatoms. The van der Waals surface area contributed by atoms with Gasteiger partial charge in [-0.05, 0) is 43.3 Å². The number of carbonyl (C=O) groups is 1. The van der Waals surface area contributed by atoms with Gasteiger partial charge in [-0.1, -0.05) is 34.5 Å². The molecule has 0 saturated carbocycles. The number of ketones is 1. The van der Waals surface area contributed by atoms with Gasteiger partial charge < -0.3 is 0 Å². The van der Waals surface area contributed by atoms with Crippen molar-refractivity contribution in [3.8, 4) is 0 Å². The molecule has 3 rings (SSSR count). The first-order valence-electron chi connectivity index (χ1n) is 7.57. The van der Waals surface area contributed by atoms with Crippen LogP contribution in [0.4, 0.5) is 5.82 Å². The third-order valence-electron chi connectivity index (χ3n) is 3.71. The number of nitrogens with zero attached hydrogens (tertiary/aromatic N) is 3. The Morgan fingerprint density at radius 3 is 2.31 bits per heavy atom. The number of anilines is 1. The summed E-state index contributed by atoms with van der Waals surface area (Å²) in [6, 6.07) is 12.6. The minimum atomic E-state index is -3.89. The molecule has 134 valence electrons. The summed E-state index contributed by atoms with van der Waals surface area (Å²) in [5, 5.41) is 8.06. The Morgan fingerprint density at radius 1 is 1.08 bits per heavy atom. The topological polar surface area (TPSA) is 93.9 Å². The zero-order chi connectivity index (χ0) is 18.9. The van der Waals surface area contributed by atoms with Gasteiger partial charge in [-0.15, -0.1) is 5.10 Å². The molecule has 0 saturated heterocycles. The Hall–Kier alpha value is -2.71. The highest BCUT2D eigenvalue weighted by molar-refractivity contribution is 7.92. The van der Waals surface area contributed by atoms with Crippen molar-refractivity contribution >= 4 is 33.2 Å². The Morgan fingerprint density at radius 2 is 1.69 bits per heavy atom. The van der Waals surface area contributed by atoms with Crippen molar-refractivity contribution in [3.05, 3.63) is 70.4 Å². The second-order valence-electron chi connectivity index (χ2n) is 5.66. The fourth-order valence-electron chi connectivity index (χ4n) is 2.27. The minimum absolute atomic E-state index is 0.00877. The van der Waals surface area contributed by atoms with Crippen molar-refractivity contribution in [2.75, 3.05) is 4.72 Å². The van der Waals surface area contributed by atoms with Crippen LogP contribution >= 0.6 is 11.6 Å². The normalized spacial score (nSPS) is 11.3. The van der Waals surface area contributed by atoms with Gasteiger partial charge in [-0.25, -0.2) is 13.1 Å². The van der Waals surface area contributed by atoms with Gasteiger partial charge in [0.05, 0.1) is 4.90 Å². The van der Waals surface area contributed by atoms with E-state index in [4.69, 9.17) is 11.6 Å². The molecule has 0 atom stereocenters. The number of halogens is 1. The predicted molar refractivity (Wildman–Crippen MR) is 97.9 cm³/mol. The zero-order valence-electron chi connectivity index (χ0n) is 14.0. The molecule has 0 unspecified atom stereocenters. The molecule has 0 aliphatic carbocycles. The Labute approximate surface area is 155 Å². The van der Waals surface area contributed by atoms with Crippen LogP contribution in [0.5, 0.6) is 0 Å². The molecule has 0 aliphatic heterocycles. The largest absolute Gasteiger partial charge is 0.287 e. The number of hydrogen-bond acceptors (Lipinski definition) is 5. The third kappa shape index (κ3) is 3.61. The molecule has 0 aliphatic rings. The van der Waals surface area contributed by atoms with Crippen molar-refractivity contribution in [1.29, 1.82) is 0 Å². The van der Waals surface area contributed by atoms with Gasteiger partial charge in [-0.2, -0.15) is 0 Å². The fourth-order valence-corrected chi connectivity index (χ4v) is 3.49. The molecular formula is C17H15ClN4O3S. The van der Waals surface area contributed by atoms with Crippen molar-refractivity contribution in [2.24, 2.45) is 7.05 Å². The van der Waals surface area contributed by atoms with E-state index in [1.54, 1.807) is 24.3 Å². The Bertz CT molecular complexity index is 1060. The van der Waals surface area contributed by atoms with Gasteiger partial charge in [0.1, 0.15) is 0 Å². The van der Waals surface area contributed by atoms with Crippen LogP contribution in [-0.4, -0.2) is 29.2 Å². The monoisotopic (exact) mass is 390 g/mol. The number of sulfonamides is 1. The third-order valence-corrected chi connectivity index (χ3v) is 5.32. The molecule has 1 heterocycles. The standard InChI is InChI=1S/C17H15ClN4O3S/c1-11-3-9-14(10-4-11)26(24,25)20-17-15(19-21-22(17)2)16(23)12-5-7-13(18)8-6-12/h3-10,20H,1-2H3. The molecule has 26 heavy (non-hydrogen) atoms. The average Bonchev–Trinajstić information content (AvgIpc) is 2.95. The van der Waals surface area contributed by atoms with Crippen molar-refractivity contribution in [3.63, 3.8) is 0 Å². The minimum Gasteiger partial charge on any atom is -0.287 e. The summed E-state index contributed by atoms with van der Waals surface area (Å²) in [6.45, 7) is 1.86. The fraction of sp³-hybridized carbons (Fsp3) is 0.118. The van der Waals surface area contributed by atoms with Crippen LogP contribution in [0, 0.1) is 6.92 Å². The van der Waals surface area contributed by atoms with Crippen LogP contribution in [0.3, 0.4) is 0 Å². The lowest BCUT2D eigenvalue weighted by atomic mass is 10.1. The van der Waals surface area contributed by atoms with E-state index in [0.29, 0.717) is 10.6 Å². The molecule has 1 aromatic heterocycles. The lowest BCUT2D eigenvalue weighted by Crippen LogP contribution is -2.18. The van der Waals surface area contributed by atoms with Crippen molar-refractivity contribution in [1.82, 2.24) is 15.0 Å². The van der Waals surface area contributed by atoms with E-state index in [1.807, 2.05) is 6.92 Å². The summed E-state index contributed by atoms with van der Waals surface area (Å²) >= 11 is 5.83. The molecular weight excluding hydrogens is 376 g/mol. The van der Waals surface area contributed by atoms with E-state index in [9.17, 15) is 13.2 Å². The first-order valence-corrected chi connectivity index (χ1v) is 9.43. The van der Waals surface area contributed by atoms with Crippen LogP contribution in [0.2, 0.25) is 5.02 Å². The highest BCUT2D eigenvalue weighted by Crippen LogP contribution is 2.21. The smallest absolute Gasteiger partial charge is 0.263 e. The van der Waals surface area contributed by atoms with E-state index >= 15 is 0 Å². The molecule has 2 aromatic carbocycles. The van der Waals surface area contributed by atoms with E-state index < -0.39 is 15.8 Å². The second kappa shape index (κ2) is 6.89. The molecule has 1 N–H and O–H groups in total. The summed E-state index contributed by atoms with van der Waals surface area (Å²) in [4.78, 5) is 12.7. The number of aryl methyl sites for hydroxylation is 2. The van der Waals surface area contributed by atoms with Gasteiger partial charge >= 0.3 is 0 Å². The summed E-state index contributed by atoms with van der Waals surface area (Å²) in [5.74, 6) is -0.470. The number of aromatic nitrogens is 3. The van der Waals surface area contributed by atoms with Gasteiger partial charge in [0.2, 0.25) is 5.78 Å². The summed E-state index contributed by atoms with van der Waals surface area (Å²) in [5.41, 5.74) is 1.17. The van der Waals surface area contributed by atoms with Crippen LogP contribution in [0.1, 0.15) is 21.6 Å².